The molecule has 0 aliphatic carbocycles. The molecule has 1 N–H and O–H groups in total. The molecule has 1 amide bonds. The largest absolute Gasteiger partial charge is 0.482 e. The lowest BCUT2D eigenvalue weighted by molar-refractivity contribution is -0.123. The highest BCUT2D eigenvalue weighted by Gasteiger charge is 2.07. The maximum Gasteiger partial charge on any atom is 0.258 e. The zero-order chi connectivity index (χ0) is 16.7. The van der Waals surface area contributed by atoms with Gasteiger partial charge in [-0.1, -0.05) is 41.4 Å². The molecule has 0 spiro atoms. The molecule has 0 unspecified atom stereocenters. The Morgan fingerprint density at radius 1 is 1.17 bits per heavy atom. The van der Waals surface area contributed by atoms with Gasteiger partial charge in [-0.15, -0.1) is 0 Å². The minimum Gasteiger partial charge on any atom is -0.482 e. The van der Waals surface area contributed by atoms with Crippen LogP contribution in [0.15, 0.2) is 48.5 Å². The van der Waals surface area contributed by atoms with Crippen LogP contribution in [0.5, 0.6) is 5.75 Å². The summed E-state index contributed by atoms with van der Waals surface area (Å²) in [4.78, 5) is 13.9. The Bertz CT molecular complexity index is 650. The van der Waals surface area contributed by atoms with Crippen molar-refractivity contribution >= 4 is 34.8 Å². The molecule has 0 saturated heterocycles. The number of amides is 1. The number of benzene rings is 2. The number of anilines is 1. The van der Waals surface area contributed by atoms with Crippen LogP contribution in [0.1, 0.15) is 0 Å². The average Bonchev–Trinajstić information content (AvgIpc) is 2.54. The second-order valence-electron chi connectivity index (χ2n) is 4.97. The van der Waals surface area contributed by atoms with Gasteiger partial charge in [0.25, 0.3) is 5.91 Å². The van der Waals surface area contributed by atoms with E-state index in [0.29, 0.717) is 28.9 Å². The van der Waals surface area contributed by atoms with Crippen molar-refractivity contribution in [2.24, 2.45) is 0 Å². The van der Waals surface area contributed by atoms with Gasteiger partial charge in [0.05, 0.1) is 5.02 Å². The number of rotatable bonds is 7. The van der Waals surface area contributed by atoms with Gasteiger partial charge in [0.2, 0.25) is 0 Å². The molecule has 0 fully saturated rings. The van der Waals surface area contributed by atoms with Crippen LogP contribution in [-0.4, -0.2) is 32.7 Å². The van der Waals surface area contributed by atoms with E-state index in [0.717, 1.165) is 5.69 Å². The number of halogens is 2. The molecule has 2 aromatic rings. The molecule has 0 saturated carbocycles. The summed E-state index contributed by atoms with van der Waals surface area (Å²) in [5.74, 6) is 0.241. The third kappa shape index (κ3) is 5.66. The van der Waals surface area contributed by atoms with E-state index < -0.39 is 0 Å². The van der Waals surface area contributed by atoms with Gasteiger partial charge >= 0.3 is 0 Å². The smallest absolute Gasteiger partial charge is 0.258 e. The van der Waals surface area contributed by atoms with E-state index in [1.807, 2.05) is 37.4 Å². The fraction of sp³-hybridized carbons (Fsp3) is 0.235. The Balaban J connectivity index is 1.71. The fourth-order valence-electron chi connectivity index (χ4n) is 1.96. The van der Waals surface area contributed by atoms with Crippen LogP contribution in [-0.2, 0) is 4.79 Å². The Morgan fingerprint density at radius 2 is 1.91 bits per heavy atom. The number of carbonyl (C=O) groups is 1. The van der Waals surface area contributed by atoms with Crippen LogP contribution in [0.3, 0.4) is 0 Å². The second-order valence-corrected chi connectivity index (χ2v) is 5.81. The number of hydrogen-bond acceptors (Lipinski definition) is 3. The van der Waals surface area contributed by atoms with E-state index in [1.165, 1.54) is 0 Å². The molecule has 2 aromatic carbocycles. The van der Waals surface area contributed by atoms with E-state index in [4.69, 9.17) is 27.9 Å². The predicted molar refractivity (Wildman–Crippen MR) is 94.7 cm³/mol. The summed E-state index contributed by atoms with van der Waals surface area (Å²) in [6.45, 7) is 1.15. The number of likely N-dealkylation sites (N-methyl/N-ethyl adjacent to an activating group) is 1. The number of para-hydroxylation sites is 1. The van der Waals surface area contributed by atoms with Crippen LogP contribution in [0.25, 0.3) is 0 Å². The van der Waals surface area contributed by atoms with Crippen LogP contribution in [0, 0.1) is 0 Å². The first kappa shape index (κ1) is 17.4. The summed E-state index contributed by atoms with van der Waals surface area (Å²) in [5, 5.41) is 3.72. The molecular weight excluding hydrogens is 335 g/mol. The summed E-state index contributed by atoms with van der Waals surface area (Å²) < 4.78 is 5.38. The molecule has 0 heterocycles. The van der Waals surface area contributed by atoms with E-state index in [9.17, 15) is 4.79 Å². The van der Waals surface area contributed by atoms with Gasteiger partial charge < -0.3 is 15.0 Å². The standard InChI is InChI=1S/C17H18Cl2N2O2/c1-21(14-5-3-2-4-6-14)10-9-20-17(22)12-23-16-8-7-13(18)11-15(16)19/h2-8,11H,9-10,12H2,1H3,(H,20,22). The summed E-state index contributed by atoms with van der Waals surface area (Å²) in [6.07, 6.45) is 0. The second kappa shape index (κ2) is 8.65. The molecule has 23 heavy (non-hydrogen) atoms. The third-order valence-corrected chi connectivity index (χ3v) is 3.75. The molecule has 0 bridgehead atoms. The van der Waals surface area contributed by atoms with Gasteiger partial charge in [0.1, 0.15) is 5.75 Å². The van der Waals surface area contributed by atoms with Crippen LogP contribution in [0.2, 0.25) is 10.0 Å². The van der Waals surface area contributed by atoms with E-state index in [2.05, 4.69) is 10.2 Å². The van der Waals surface area contributed by atoms with Crippen molar-refractivity contribution in [2.75, 3.05) is 31.6 Å². The highest BCUT2D eigenvalue weighted by Crippen LogP contribution is 2.27. The third-order valence-electron chi connectivity index (χ3n) is 3.22. The maximum absolute atomic E-state index is 11.8. The zero-order valence-corrected chi connectivity index (χ0v) is 14.3. The fourth-order valence-corrected chi connectivity index (χ4v) is 2.42. The minimum atomic E-state index is -0.197. The van der Waals surface area contributed by atoms with Crippen molar-refractivity contribution < 1.29 is 9.53 Å². The van der Waals surface area contributed by atoms with E-state index in [1.54, 1.807) is 18.2 Å². The molecule has 6 heteroatoms. The van der Waals surface area contributed by atoms with Crippen molar-refractivity contribution in [3.63, 3.8) is 0 Å². The SMILES string of the molecule is CN(CCNC(=O)COc1ccc(Cl)cc1Cl)c1ccccc1. The number of hydrogen-bond donors (Lipinski definition) is 1. The minimum absolute atomic E-state index is 0.0869. The van der Waals surface area contributed by atoms with Gasteiger partial charge in [-0.05, 0) is 30.3 Å². The Morgan fingerprint density at radius 3 is 2.61 bits per heavy atom. The van der Waals surface area contributed by atoms with Crippen molar-refractivity contribution in [3.8, 4) is 5.75 Å². The van der Waals surface area contributed by atoms with Gasteiger partial charge in [-0.2, -0.15) is 0 Å². The quantitative estimate of drug-likeness (QED) is 0.827. The first-order chi connectivity index (χ1) is 11.1. The monoisotopic (exact) mass is 352 g/mol. The first-order valence-corrected chi connectivity index (χ1v) is 7.92. The lowest BCUT2D eigenvalue weighted by Gasteiger charge is -2.19. The number of nitrogens with zero attached hydrogens (tertiary/aromatic N) is 1. The molecule has 0 radical (unpaired) electrons. The molecule has 0 atom stereocenters. The predicted octanol–water partition coefficient (Wildman–Crippen LogP) is 3.62. The Labute approximate surface area is 146 Å². The molecule has 2 rings (SSSR count). The average molecular weight is 353 g/mol. The normalized spacial score (nSPS) is 10.2. The molecule has 0 aliphatic rings. The number of nitrogens with one attached hydrogen (secondary N) is 1. The highest BCUT2D eigenvalue weighted by atomic mass is 35.5. The summed E-state index contributed by atoms with van der Waals surface area (Å²) in [6, 6.07) is 14.9. The summed E-state index contributed by atoms with van der Waals surface area (Å²) in [7, 11) is 1.98. The lowest BCUT2D eigenvalue weighted by Crippen LogP contribution is -2.35. The van der Waals surface area contributed by atoms with Gasteiger partial charge in [-0.3, -0.25) is 4.79 Å². The van der Waals surface area contributed by atoms with Crippen LogP contribution < -0.4 is 15.0 Å². The van der Waals surface area contributed by atoms with E-state index in [-0.39, 0.29) is 12.5 Å². The van der Waals surface area contributed by atoms with Gasteiger partial charge in [-0.25, -0.2) is 0 Å². The molecule has 4 nitrogen and oxygen atoms in total. The van der Waals surface area contributed by atoms with Crippen LogP contribution in [0.4, 0.5) is 5.69 Å². The number of ether oxygens (including phenoxy) is 1. The molecule has 0 aliphatic heterocycles. The topological polar surface area (TPSA) is 41.6 Å². The van der Waals surface area contributed by atoms with Crippen molar-refractivity contribution in [3.05, 3.63) is 58.6 Å². The Hall–Kier alpha value is -1.91. The Kier molecular flexibility index (Phi) is 6.56. The number of carbonyl (C=O) groups excluding carboxylic acids is 1. The van der Waals surface area contributed by atoms with Crippen molar-refractivity contribution in [1.29, 1.82) is 0 Å². The molecular formula is C17H18Cl2N2O2. The first-order valence-electron chi connectivity index (χ1n) is 7.17. The van der Waals surface area contributed by atoms with Crippen LogP contribution >= 0.6 is 23.2 Å². The zero-order valence-electron chi connectivity index (χ0n) is 12.8. The van der Waals surface area contributed by atoms with Gasteiger partial charge in [0.15, 0.2) is 6.61 Å². The van der Waals surface area contributed by atoms with E-state index >= 15 is 0 Å². The lowest BCUT2D eigenvalue weighted by atomic mass is 10.3. The van der Waals surface area contributed by atoms with Crippen molar-refractivity contribution in [2.45, 2.75) is 0 Å². The highest BCUT2D eigenvalue weighted by molar-refractivity contribution is 6.35. The maximum atomic E-state index is 11.8. The van der Waals surface area contributed by atoms with Crippen molar-refractivity contribution in [1.82, 2.24) is 5.32 Å². The summed E-state index contributed by atoms with van der Waals surface area (Å²) >= 11 is 11.8. The molecule has 122 valence electrons. The van der Waals surface area contributed by atoms with Gasteiger partial charge in [0, 0.05) is 30.8 Å². The molecule has 0 aromatic heterocycles. The summed E-state index contributed by atoms with van der Waals surface area (Å²) in [5.41, 5.74) is 1.10.